The lowest BCUT2D eigenvalue weighted by molar-refractivity contribution is 0.0913. The molecule has 0 saturated heterocycles. The number of halogens is 1. The largest absolute Gasteiger partial charge is 0.391 e. The lowest BCUT2D eigenvalue weighted by Gasteiger charge is -2.10. The molecule has 1 rings (SSSR count). The van der Waals surface area contributed by atoms with Crippen molar-refractivity contribution in [2.75, 3.05) is 6.54 Å². The van der Waals surface area contributed by atoms with E-state index in [0.717, 1.165) is 12.1 Å². The number of aliphatic hydroxyl groups is 1. The number of aromatic nitrogens is 1. The number of rotatable bonds is 5. The zero-order valence-corrected chi connectivity index (χ0v) is 10.8. The van der Waals surface area contributed by atoms with Gasteiger partial charge in [-0.25, -0.2) is 4.98 Å². The summed E-state index contributed by atoms with van der Waals surface area (Å²) in [6.07, 6.45) is 0.817. The summed E-state index contributed by atoms with van der Waals surface area (Å²) in [5.74, 6) is -0.239. The zero-order chi connectivity index (χ0) is 12.8. The number of nitrogens with zero attached hydrogens (tertiary/aromatic N) is 1. The molecule has 1 atom stereocenters. The molecule has 0 bridgehead atoms. The average Bonchev–Trinajstić information content (AvgIpc) is 2.34. The van der Waals surface area contributed by atoms with E-state index in [-0.39, 0.29) is 12.5 Å². The minimum atomic E-state index is -0.512. The summed E-state index contributed by atoms with van der Waals surface area (Å²) in [4.78, 5) is 15.9. The van der Waals surface area contributed by atoms with E-state index in [1.165, 1.54) is 6.07 Å². The predicted molar refractivity (Wildman–Crippen MR) is 67.3 cm³/mol. The molecule has 1 aromatic rings. The summed E-state index contributed by atoms with van der Waals surface area (Å²) < 4.78 is 0. The fourth-order valence-corrected chi connectivity index (χ4v) is 1.55. The number of aliphatic hydroxyl groups excluding tert-OH is 1. The Morgan fingerprint density at radius 1 is 1.53 bits per heavy atom. The second-order valence-corrected chi connectivity index (χ2v) is 4.18. The lowest BCUT2D eigenvalue weighted by Crippen LogP contribution is -2.31. The Kier molecular flexibility index (Phi) is 5.38. The van der Waals surface area contributed by atoms with Gasteiger partial charge in [-0.1, -0.05) is 25.4 Å². The van der Waals surface area contributed by atoms with Gasteiger partial charge in [0.2, 0.25) is 0 Å². The van der Waals surface area contributed by atoms with Gasteiger partial charge in [0, 0.05) is 17.8 Å². The van der Waals surface area contributed by atoms with E-state index < -0.39 is 6.10 Å². The number of aryl methyl sites for hydroxylation is 1. The van der Waals surface area contributed by atoms with Crippen LogP contribution in [0, 0.1) is 0 Å². The minimum Gasteiger partial charge on any atom is -0.391 e. The molecule has 94 valence electrons. The van der Waals surface area contributed by atoms with Crippen LogP contribution in [0.15, 0.2) is 12.1 Å². The molecule has 2 N–H and O–H groups in total. The first-order chi connectivity index (χ1) is 8.06. The Bertz CT molecular complexity index is 396. The molecular weight excluding hydrogens is 240 g/mol. The second kappa shape index (κ2) is 6.57. The zero-order valence-electron chi connectivity index (χ0n) is 10.0. The Morgan fingerprint density at radius 2 is 2.24 bits per heavy atom. The summed E-state index contributed by atoms with van der Waals surface area (Å²) in [6, 6.07) is 3.23. The molecule has 0 radical (unpaired) electrons. The van der Waals surface area contributed by atoms with E-state index >= 15 is 0 Å². The van der Waals surface area contributed by atoms with Gasteiger partial charge in [0.05, 0.1) is 6.10 Å². The van der Waals surface area contributed by atoms with Crippen LogP contribution in [-0.4, -0.2) is 28.6 Å². The normalized spacial score (nSPS) is 12.2. The van der Waals surface area contributed by atoms with Gasteiger partial charge in [-0.05, 0) is 25.0 Å². The van der Waals surface area contributed by atoms with Crippen molar-refractivity contribution < 1.29 is 9.90 Å². The molecule has 5 heteroatoms. The highest BCUT2D eigenvalue weighted by Crippen LogP contribution is 2.11. The maximum atomic E-state index is 11.8. The smallest absolute Gasteiger partial charge is 0.251 e. The number of carbonyl (C=O) groups excluding carboxylic acids is 1. The lowest BCUT2D eigenvalue weighted by atomic mass is 10.2. The fraction of sp³-hybridized carbons (Fsp3) is 0.500. The number of amides is 1. The summed E-state index contributed by atoms with van der Waals surface area (Å²) in [5, 5.41) is 12.3. The average molecular weight is 257 g/mol. The molecule has 0 aliphatic carbocycles. The van der Waals surface area contributed by atoms with E-state index in [1.54, 1.807) is 6.07 Å². The third-order valence-corrected chi connectivity index (χ3v) is 2.63. The van der Waals surface area contributed by atoms with Crippen LogP contribution < -0.4 is 5.32 Å². The molecule has 0 spiro atoms. The Balaban J connectivity index is 2.71. The van der Waals surface area contributed by atoms with Crippen molar-refractivity contribution in [3.8, 4) is 0 Å². The standard InChI is InChI=1S/C12H17ClN2O2/c1-3-9-5-8(6-11(13)15-9)12(17)14-7-10(16)4-2/h5-6,10,16H,3-4,7H2,1-2H3,(H,14,17). The molecule has 1 aromatic heterocycles. The van der Waals surface area contributed by atoms with Crippen molar-refractivity contribution in [3.63, 3.8) is 0 Å². The monoisotopic (exact) mass is 256 g/mol. The number of carbonyl (C=O) groups is 1. The van der Waals surface area contributed by atoms with Crippen LogP contribution in [0.4, 0.5) is 0 Å². The fourth-order valence-electron chi connectivity index (χ4n) is 1.32. The molecule has 0 aliphatic rings. The highest BCUT2D eigenvalue weighted by molar-refractivity contribution is 6.29. The first kappa shape index (κ1) is 13.9. The van der Waals surface area contributed by atoms with Crippen LogP contribution in [-0.2, 0) is 6.42 Å². The highest BCUT2D eigenvalue weighted by atomic mass is 35.5. The van der Waals surface area contributed by atoms with Gasteiger partial charge >= 0.3 is 0 Å². The topological polar surface area (TPSA) is 62.2 Å². The van der Waals surface area contributed by atoms with Crippen LogP contribution in [0.3, 0.4) is 0 Å². The van der Waals surface area contributed by atoms with Crippen molar-refractivity contribution in [2.45, 2.75) is 32.8 Å². The molecule has 4 nitrogen and oxygen atoms in total. The molecule has 0 saturated carbocycles. The van der Waals surface area contributed by atoms with Gasteiger partial charge < -0.3 is 10.4 Å². The van der Waals surface area contributed by atoms with Crippen molar-refractivity contribution in [1.29, 1.82) is 0 Å². The first-order valence-corrected chi connectivity index (χ1v) is 6.07. The quantitative estimate of drug-likeness (QED) is 0.790. The minimum absolute atomic E-state index is 0.239. The summed E-state index contributed by atoms with van der Waals surface area (Å²) in [7, 11) is 0. The molecule has 17 heavy (non-hydrogen) atoms. The van der Waals surface area contributed by atoms with Crippen LogP contribution in [0.5, 0.6) is 0 Å². The molecule has 0 fully saturated rings. The number of pyridine rings is 1. The molecule has 1 unspecified atom stereocenters. The van der Waals surface area contributed by atoms with Crippen molar-refractivity contribution >= 4 is 17.5 Å². The van der Waals surface area contributed by atoms with Crippen LogP contribution >= 0.6 is 11.6 Å². The second-order valence-electron chi connectivity index (χ2n) is 3.80. The molecule has 0 aliphatic heterocycles. The van der Waals surface area contributed by atoms with Crippen LogP contribution in [0.2, 0.25) is 5.15 Å². The maximum Gasteiger partial charge on any atom is 0.251 e. The van der Waals surface area contributed by atoms with Gasteiger partial charge in [0.1, 0.15) is 5.15 Å². The third-order valence-electron chi connectivity index (χ3n) is 2.44. The van der Waals surface area contributed by atoms with Crippen LogP contribution in [0.1, 0.15) is 36.3 Å². The summed E-state index contributed by atoms with van der Waals surface area (Å²) >= 11 is 5.82. The Labute approximate surface area is 106 Å². The first-order valence-electron chi connectivity index (χ1n) is 5.69. The van der Waals surface area contributed by atoms with E-state index in [0.29, 0.717) is 17.1 Å². The van der Waals surface area contributed by atoms with Crippen molar-refractivity contribution in [2.24, 2.45) is 0 Å². The molecule has 0 aromatic carbocycles. The SMILES string of the molecule is CCc1cc(C(=O)NCC(O)CC)cc(Cl)n1. The molecule has 1 heterocycles. The van der Waals surface area contributed by atoms with E-state index in [2.05, 4.69) is 10.3 Å². The van der Waals surface area contributed by atoms with Gasteiger partial charge in [-0.15, -0.1) is 0 Å². The van der Waals surface area contributed by atoms with Crippen molar-refractivity contribution in [3.05, 3.63) is 28.5 Å². The highest BCUT2D eigenvalue weighted by Gasteiger charge is 2.10. The summed E-state index contributed by atoms with van der Waals surface area (Å²) in [5.41, 5.74) is 1.25. The van der Waals surface area contributed by atoms with Crippen LogP contribution in [0.25, 0.3) is 0 Å². The Morgan fingerprint density at radius 3 is 2.82 bits per heavy atom. The Hall–Kier alpha value is -1.13. The number of hydrogen-bond acceptors (Lipinski definition) is 3. The number of nitrogens with one attached hydrogen (secondary N) is 1. The molecule has 1 amide bonds. The predicted octanol–water partition coefficient (Wildman–Crippen LogP) is 1.80. The van der Waals surface area contributed by atoms with Gasteiger partial charge in [-0.3, -0.25) is 4.79 Å². The van der Waals surface area contributed by atoms with E-state index in [4.69, 9.17) is 11.6 Å². The third kappa shape index (κ3) is 4.32. The van der Waals surface area contributed by atoms with Gasteiger partial charge in [0.25, 0.3) is 5.91 Å². The van der Waals surface area contributed by atoms with Gasteiger partial charge in [-0.2, -0.15) is 0 Å². The van der Waals surface area contributed by atoms with Gasteiger partial charge in [0.15, 0.2) is 0 Å². The maximum absolute atomic E-state index is 11.8. The molecular formula is C12H17ClN2O2. The van der Waals surface area contributed by atoms with E-state index in [9.17, 15) is 9.90 Å². The van der Waals surface area contributed by atoms with Crippen molar-refractivity contribution in [1.82, 2.24) is 10.3 Å². The number of hydrogen-bond donors (Lipinski definition) is 2. The van der Waals surface area contributed by atoms with E-state index in [1.807, 2.05) is 13.8 Å². The summed E-state index contributed by atoms with van der Waals surface area (Å²) in [6.45, 7) is 4.05.